The molecule has 0 spiro atoms. The number of aromatic nitrogens is 1. The molecule has 8 heteroatoms. The van der Waals surface area contributed by atoms with E-state index in [1.165, 1.54) is 37.3 Å². The van der Waals surface area contributed by atoms with Crippen molar-refractivity contribution in [2.24, 2.45) is 0 Å². The van der Waals surface area contributed by atoms with Crippen LogP contribution in [0.2, 0.25) is 0 Å². The first kappa shape index (κ1) is 22.3. The van der Waals surface area contributed by atoms with Crippen LogP contribution >= 0.6 is 11.3 Å². The fourth-order valence-corrected chi connectivity index (χ4v) is 3.96. The first-order valence-electron chi connectivity index (χ1n) is 9.51. The van der Waals surface area contributed by atoms with Gasteiger partial charge in [-0.15, -0.1) is 11.3 Å². The Morgan fingerprint density at radius 3 is 2.16 bits per heavy atom. The average molecular weight is 442 g/mol. The Balaban J connectivity index is 1.79. The summed E-state index contributed by atoms with van der Waals surface area (Å²) in [5.41, 5.74) is 2.67. The first-order chi connectivity index (χ1) is 14.8. The smallest absolute Gasteiger partial charge is 0.338 e. The first-order valence-corrected chi connectivity index (χ1v) is 10.4. The summed E-state index contributed by atoms with van der Waals surface area (Å²) in [6, 6.07) is 10.1. The van der Waals surface area contributed by atoms with Crippen LogP contribution in [-0.2, 0) is 16.0 Å². The van der Waals surface area contributed by atoms with Gasteiger partial charge in [0.1, 0.15) is 5.75 Å². The van der Waals surface area contributed by atoms with Crippen molar-refractivity contribution in [1.29, 1.82) is 0 Å². The lowest BCUT2D eigenvalue weighted by atomic mass is 10.1. The van der Waals surface area contributed by atoms with Gasteiger partial charge in [0.25, 0.3) is 0 Å². The van der Waals surface area contributed by atoms with E-state index in [9.17, 15) is 14.4 Å². The second kappa shape index (κ2) is 9.61. The monoisotopic (exact) mass is 441 g/mol. The van der Waals surface area contributed by atoms with Gasteiger partial charge in [0.15, 0.2) is 6.61 Å². The highest BCUT2D eigenvalue weighted by Crippen LogP contribution is 2.22. The normalized spacial score (nSPS) is 10.6. The minimum atomic E-state index is -0.626. The second-order valence-electron chi connectivity index (χ2n) is 6.89. The fraction of sp³-hybridized carbons (Fsp3) is 0.261. The van der Waals surface area contributed by atoms with Crippen LogP contribution in [0.1, 0.15) is 47.3 Å². The molecule has 2 aromatic heterocycles. The van der Waals surface area contributed by atoms with Crippen molar-refractivity contribution >= 4 is 29.1 Å². The number of thiophene rings is 1. The molecular formula is C23H23NO6S. The molecule has 0 unspecified atom stereocenters. The molecule has 0 amide bonds. The van der Waals surface area contributed by atoms with Gasteiger partial charge >= 0.3 is 11.9 Å². The van der Waals surface area contributed by atoms with Crippen LogP contribution in [0, 0.1) is 13.8 Å². The maximum absolute atomic E-state index is 12.8. The predicted octanol–water partition coefficient (Wildman–Crippen LogP) is 4.05. The van der Waals surface area contributed by atoms with E-state index in [0.717, 1.165) is 11.4 Å². The largest absolute Gasteiger partial charge is 0.485 e. The van der Waals surface area contributed by atoms with Crippen LogP contribution < -0.4 is 4.74 Å². The summed E-state index contributed by atoms with van der Waals surface area (Å²) < 4.78 is 17.1. The maximum Gasteiger partial charge on any atom is 0.338 e. The van der Waals surface area contributed by atoms with E-state index < -0.39 is 11.9 Å². The van der Waals surface area contributed by atoms with Crippen LogP contribution in [0.5, 0.6) is 5.75 Å². The van der Waals surface area contributed by atoms with Gasteiger partial charge in [0.05, 0.1) is 31.9 Å². The molecule has 0 saturated carbocycles. The molecule has 1 aromatic carbocycles. The quantitative estimate of drug-likeness (QED) is 0.387. The number of benzene rings is 1. The van der Waals surface area contributed by atoms with Gasteiger partial charge in [0.2, 0.25) is 5.78 Å². The Kier molecular flexibility index (Phi) is 6.91. The number of esters is 2. The highest BCUT2D eigenvalue weighted by Gasteiger charge is 2.18. The van der Waals surface area contributed by atoms with Gasteiger partial charge in [-0.25, -0.2) is 9.59 Å². The zero-order valence-electron chi connectivity index (χ0n) is 17.8. The molecule has 31 heavy (non-hydrogen) atoms. The molecule has 0 aliphatic heterocycles. The zero-order chi connectivity index (χ0) is 22.5. The summed E-state index contributed by atoms with van der Waals surface area (Å²) in [5.74, 6) is -1.25. The number of carbonyl (C=O) groups is 3. The fourth-order valence-electron chi connectivity index (χ4n) is 3.27. The van der Waals surface area contributed by atoms with Crippen molar-refractivity contribution in [2.75, 3.05) is 20.8 Å². The van der Waals surface area contributed by atoms with E-state index in [4.69, 9.17) is 14.2 Å². The average Bonchev–Trinajstić information content (AvgIpc) is 3.39. The van der Waals surface area contributed by atoms with Gasteiger partial charge < -0.3 is 18.8 Å². The highest BCUT2D eigenvalue weighted by atomic mass is 32.1. The van der Waals surface area contributed by atoms with Crippen molar-refractivity contribution in [2.45, 2.75) is 20.4 Å². The third-order valence-electron chi connectivity index (χ3n) is 4.89. The van der Waals surface area contributed by atoms with E-state index >= 15 is 0 Å². The van der Waals surface area contributed by atoms with Crippen LogP contribution in [-0.4, -0.2) is 43.1 Å². The molecule has 0 saturated heterocycles. The third kappa shape index (κ3) is 5.03. The summed E-state index contributed by atoms with van der Waals surface area (Å²) in [6.07, 6.45) is 0. The standard InChI is InChI=1S/C23H23NO6S/c1-14-8-20(15(2)24(14)12-19-6-5-7-31-19)21(25)13-30-18-10-16(22(26)28-3)9-17(11-18)23(27)29-4/h5-11H,12-13H2,1-4H3. The minimum Gasteiger partial charge on any atom is -0.485 e. The topological polar surface area (TPSA) is 83.8 Å². The van der Waals surface area contributed by atoms with Crippen molar-refractivity contribution in [3.05, 3.63) is 74.7 Å². The van der Waals surface area contributed by atoms with Gasteiger partial charge in [-0.05, 0) is 49.6 Å². The van der Waals surface area contributed by atoms with E-state index in [-0.39, 0.29) is 29.3 Å². The Labute approximate surface area is 184 Å². The molecule has 0 radical (unpaired) electrons. The van der Waals surface area contributed by atoms with Gasteiger partial charge in [-0.1, -0.05) is 6.07 Å². The molecule has 0 atom stereocenters. The molecule has 3 rings (SSSR count). The summed E-state index contributed by atoms with van der Waals surface area (Å²) >= 11 is 1.67. The molecular weight excluding hydrogens is 418 g/mol. The number of methoxy groups -OCH3 is 2. The summed E-state index contributed by atoms with van der Waals surface area (Å²) in [7, 11) is 2.48. The van der Waals surface area contributed by atoms with Crippen molar-refractivity contribution in [1.82, 2.24) is 4.57 Å². The number of Topliss-reactive ketones (excluding diaryl/α,β-unsaturated/α-hetero) is 1. The lowest BCUT2D eigenvalue weighted by molar-refractivity contribution is 0.0598. The lowest BCUT2D eigenvalue weighted by Crippen LogP contribution is -2.14. The van der Waals surface area contributed by atoms with E-state index in [1.54, 1.807) is 11.3 Å². The number of nitrogens with zero attached hydrogens (tertiary/aromatic N) is 1. The molecule has 2 heterocycles. The molecule has 0 bridgehead atoms. The lowest BCUT2D eigenvalue weighted by Gasteiger charge is -2.10. The number of carbonyl (C=O) groups excluding carboxylic acids is 3. The second-order valence-corrected chi connectivity index (χ2v) is 7.92. The number of ether oxygens (including phenoxy) is 3. The van der Waals surface area contributed by atoms with Crippen molar-refractivity contribution < 1.29 is 28.6 Å². The van der Waals surface area contributed by atoms with Crippen LogP contribution in [0.3, 0.4) is 0 Å². The van der Waals surface area contributed by atoms with Gasteiger partial charge in [-0.3, -0.25) is 4.79 Å². The number of rotatable bonds is 8. The Morgan fingerprint density at radius 2 is 1.61 bits per heavy atom. The van der Waals surface area contributed by atoms with Crippen molar-refractivity contribution in [3.8, 4) is 5.75 Å². The number of ketones is 1. The van der Waals surface area contributed by atoms with E-state index in [0.29, 0.717) is 12.1 Å². The Bertz CT molecular complexity index is 1080. The predicted molar refractivity (Wildman–Crippen MR) is 116 cm³/mol. The Morgan fingerprint density at radius 1 is 0.968 bits per heavy atom. The van der Waals surface area contributed by atoms with E-state index in [1.807, 2.05) is 31.4 Å². The summed E-state index contributed by atoms with van der Waals surface area (Å²) in [6.45, 7) is 4.32. The molecule has 162 valence electrons. The van der Waals surface area contributed by atoms with Gasteiger partial charge in [-0.2, -0.15) is 0 Å². The Hall–Kier alpha value is -3.39. The molecule has 0 aliphatic rings. The van der Waals surface area contributed by atoms with Crippen LogP contribution in [0.25, 0.3) is 0 Å². The van der Waals surface area contributed by atoms with E-state index in [2.05, 4.69) is 10.6 Å². The third-order valence-corrected chi connectivity index (χ3v) is 5.75. The number of aryl methyl sites for hydroxylation is 1. The maximum atomic E-state index is 12.8. The summed E-state index contributed by atoms with van der Waals surface area (Å²) in [4.78, 5) is 37.8. The molecule has 7 nitrogen and oxygen atoms in total. The van der Waals surface area contributed by atoms with Crippen LogP contribution in [0.4, 0.5) is 0 Å². The SMILES string of the molecule is COC(=O)c1cc(OCC(=O)c2cc(C)n(Cc3cccs3)c2C)cc(C(=O)OC)c1. The molecule has 0 aliphatic carbocycles. The van der Waals surface area contributed by atoms with Crippen LogP contribution in [0.15, 0.2) is 41.8 Å². The van der Waals surface area contributed by atoms with Crippen molar-refractivity contribution in [3.63, 3.8) is 0 Å². The molecule has 0 N–H and O–H groups in total. The minimum absolute atomic E-state index is 0.127. The summed E-state index contributed by atoms with van der Waals surface area (Å²) in [5, 5.41) is 2.02. The molecule has 3 aromatic rings. The van der Waals surface area contributed by atoms with Gasteiger partial charge in [0, 0.05) is 21.8 Å². The zero-order valence-corrected chi connectivity index (χ0v) is 18.6. The molecule has 0 fully saturated rings. The highest BCUT2D eigenvalue weighted by molar-refractivity contribution is 7.09. The number of hydrogen-bond donors (Lipinski definition) is 0. The number of hydrogen-bond acceptors (Lipinski definition) is 7.